The minimum atomic E-state index is -0.723. The molecule has 1 atom stereocenters. The quantitative estimate of drug-likeness (QED) is 0.356. The molecule has 11 heavy (non-hydrogen) atoms. The molecule has 3 nitrogen and oxygen atoms in total. The first kappa shape index (κ1) is 9.99. The second kappa shape index (κ2) is 5.75. The summed E-state index contributed by atoms with van der Waals surface area (Å²) in [4.78, 5) is 10.6. The first-order valence-corrected chi connectivity index (χ1v) is 3.57. The number of esters is 1. The van der Waals surface area contributed by atoms with Crippen molar-refractivity contribution < 1.29 is 14.6 Å². The highest BCUT2D eigenvalue weighted by atomic mass is 16.5. The lowest BCUT2D eigenvalue weighted by Gasteiger charge is -1.94. The summed E-state index contributed by atoms with van der Waals surface area (Å²) >= 11 is 0. The van der Waals surface area contributed by atoms with E-state index in [4.69, 9.17) is 5.11 Å². The standard InChI is InChI=1S/C8H12O3/c1-3-7(9)5-6-8(10)11-4-2/h7,9H,3-4H2,1-2H3. The van der Waals surface area contributed by atoms with E-state index in [0.717, 1.165) is 0 Å². The van der Waals surface area contributed by atoms with Crippen LogP contribution in [0, 0.1) is 11.8 Å². The van der Waals surface area contributed by atoms with E-state index in [1.807, 2.05) is 0 Å². The van der Waals surface area contributed by atoms with E-state index in [1.165, 1.54) is 0 Å². The lowest BCUT2D eigenvalue weighted by atomic mass is 10.3. The van der Waals surface area contributed by atoms with Crippen molar-refractivity contribution in [3.63, 3.8) is 0 Å². The third-order valence-corrected chi connectivity index (χ3v) is 1.00. The molecule has 1 unspecified atom stereocenters. The van der Waals surface area contributed by atoms with E-state index in [2.05, 4.69) is 16.6 Å². The van der Waals surface area contributed by atoms with Gasteiger partial charge in [0.05, 0.1) is 6.61 Å². The molecule has 0 aliphatic rings. The predicted molar refractivity (Wildman–Crippen MR) is 40.7 cm³/mol. The second-order valence-electron chi connectivity index (χ2n) is 1.91. The predicted octanol–water partition coefficient (Wildman–Crippen LogP) is 0.324. The smallest absolute Gasteiger partial charge is 0.384 e. The number of ether oxygens (including phenoxy) is 1. The molecule has 0 aromatic heterocycles. The summed E-state index contributed by atoms with van der Waals surface area (Å²) in [7, 11) is 0. The molecule has 0 radical (unpaired) electrons. The van der Waals surface area contributed by atoms with Crippen LogP contribution in [0.25, 0.3) is 0 Å². The molecule has 0 aliphatic heterocycles. The Balaban J connectivity index is 3.76. The molecule has 1 N–H and O–H groups in total. The lowest BCUT2D eigenvalue weighted by Crippen LogP contribution is -2.04. The van der Waals surface area contributed by atoms with Crippen molar-refractivity contribution in [3.8, 4) is 11.8 Å². The number of carbonyl (C=O) groups excluding carboxylic acids is 1. The maximum absolute atomic E-state index is 10.6. The van der Waals surface area contributed by atoms with Crippen LogP contribution in [-0.4, -0.2) is 23.8 Å². The number of aliphatic hydroxyl groups is 1. The molecule has 0 bridgehead atoms. The normalized spacial score (nSPS) is 11.2. The van der Waals surface area contributed by atoms with Gasteiger partial charge < -0.3 is 9.84 Å². The van der Waals surface area contributed by atoms with E-state index in [-0.39, 0.29) is 0 Å². The van der Waals surface area contributed by atoms with E-state index in [9.17, 15) is 4.79 Å². The van der Waals surface area contributed by atoms with E-state index in [0.29, 0.717) is 13.0 Å². The van der Waals surface area contributed by atoms with Gasteiger partial charge in [-0.15, -0.1) is 0 Å². The summed E-state index contributed by atoms with van der Waals surface area (Å²) in [5, 5.41) is 8.89. The van der Waals surface area contributed by atoms with Crippen molar-refractivity contribution in [2.45, 2.75) is 26.4 Å². The number of hydrogen-bond donors (Lipinski definition) is 1. The van der Waals surface area contributed by atoms with Gasteiger partial charge in [-0.1, -0.05) is 12.8 Å². The van der Waals surface area contributed by atoms with Gasteiger partial charge in [-0.3, -0.25) is 0 Å². The zero-order chi connectivity index (χ0) is 8.69. The molecule has 0 heterocycles. The van der Waals surface area contributed by atoms with Gasteiger partial charge in [0.2, 0.25) is 0 Å². The average molecular weight is 156 g/mol. The highest BCUT2D eigenvalue weighted by Gasteiger charge is 1.95. The molecule has 0 amide bonds. The van der Waals surface area contributed by atoms with Crippen molar-refractivity contribution >= 4 is 5.97 Å². The monoisotopic (exact) mass is 156 g/mol. The molecule has 0 aliphatic carbocycles. The molecule has 0 aromatic rings. The maximum Gasteiger partial charge on any atom is 0.384 e. The summed E-state index contributed by atoms with van der Waals surface area (Å²) in [6, 6.07) is 0. The summed E-state index contributed by atoms with van der Waals surface area (Å²) in [5.41, 5.74) is 0. The van der Waals surface area contributed by atoms with Gasteiger partial charge in [-0.25, -0.2) is 4.79 Å². The molecule has 0 spiro atoms. The SMILES string of the molecule is CCOC(=O)C#CC(O)CC. The fourth-order valence-corrected chi connectivity index (χ4v) is 0.411. The van der Waals surface area contributed by atoms with E-state index < -0.39 is 12.1 Å². The zero-order valence-corrected chi connectivity index (χ0v) is 6.76. The Kier molecular flexibility index (Phi) is 5.22. The Morgan fingerprint density at radius 3 is 2.73 bits per heavy atom. The van der Waals surface area contributed by atoms with Crippen molar-refractivity contribution in [2.24, 2.45) is 0 Å². The molecule has 0 rings (SSSR count). The van der Waals surface area contributed by atoms with Crippen molar-refractivity contribution in [3.05, 3.63) is 0 Å². The molecule has 0 aromatic carbocycles. The average Bonchev–Trinajstić information content (AvgIpc) is 2.01. The molecule has 0 fully saturated rings. The Morgan fingerprint density at radius 2 is 2.27 bits per heavy atom. The Bertz CT molecular complexity index is 176. The molecule has 62 valence electrons. The summed E-state index contributed by atoms with van der Waals surface area (Å²) in [5.74, 6) is 3.94. The summed E-state index contributed by atoms with van der Waals surface area (Å²) in [6.07, 6.45) is -0.203. The van der Waals surface area contributed by atoms with Crippen molar-refractivity contribution in [1.82, 2.24) is 0 Å². The van der Waals surface area contributed by atoms with Gasteiger partial charge in [0, 0.05) is 5.92 Å². The van der Waals surface area contributed by atoms with Crippen molar-refractivity contribution in [1.29, 1.82) is 0 Å². The fourth-order valence-electron chi connectivity index (χ4n) is 0.411. The molecule has 0 saturated carbocycles. The highest BCUT2D eigenvalue weighted by Crippen LogP contribution is 1.85. The fraction of sp³-hybridized carbons (Fsp3) is 0.625. The second-order valence-corrected chi connectivity index (χ2v) is 1.91. The Hall–Kier alpha value is -1.01. The van der Waals surface area contributed by atoms with Crippen LogP contribution in [0.4, 0.5) is 0 Å². The van der Waals surface area contributed by atoms with Crippen LogP contribution in [-0.2, 0) is 9.53 Å². The van der Waals surface area contributed by atoms with Gasteiger partial charge >= 0.3 is 5.97 Å². The van der Waals surface area contributed by atoms with Crippen LogP contribution < -0.4 is 0 Å². The zero-order valence-electron chi connectivity index (χ0n) is 6.76. The van der Waals surface area contributed by atoms with Crippen LogP contribution in [0.3, 0.4) is 0 Å². The Labute approximate surface area is 66.4 Å². The first-order valence-electron chi connectivity index (χ1n) is 3.57. The van der Waals surface area contributed by atoms with Crippen LogP contribution >= 0.6 is 0 Å². The number of rotatable bonds is 2. The maximum atomic E-state index is 10.6. The summed E-state index contributed by atoms with van der Waals surface area (Å²) < 4.78 is 4.51. The minimum Gasteiger partial charge on any atom is -0.456 e. The van der Waals surface area contributed by atoms with Gasteiger partial charge in [0.1, 0.15) is 6.10 Å². The lowest BCUT2D eigenvalue weighted by molar-refractivity contribution is -0.136. The first-order chi connectivity index (χ1) is 5.20. The molecular formula is C8H12O3. The molecule has 3 heteroatoms. The minimum absolute atomic E-state index is 0.315. The third-order valence-electron chi connectivity index (χ3n) is 1.00. The number of aliphatic hydroxyl groups excluding tert-OH is 1. The largest absolute Gasteiger partial charge is 0.456 e. The Morgan fingerprint density at radius 1 is 1.64 bits per heavy atom. The van der Waals surface area contributed by atoms with Gasteiger partial charge in [-0.2, -0.15) is 0 Å². The number of carbonyl (C=O) groups is 1. The highest BCUT2D eigenvalue weighted by molar-refractivity contribution is 5.88. The van der Waals surface area contributed by atoms with Crippen molar-refractivity contribution in [2.75, 3.05) is 6.61 Å². The molecule has 0 saturated heterocycles. The van der Waals surface area contributed by atoms with E-state index in [1.54, 1.807) is 13.8 Å². The third kappa shape index (κ3) is 5.43. The topological polar surface area (TPSA) is 46.5 Å². The molecular weight excluding hydrogens is 144 g/mol. The van der Waals surface area contributed by atoms with Crippen LogP contribution in [0.15, 0.2) is 0 Å². The number of hydrogen-bond acceptors (Lipinski definition) is 3. The van der Waals surface area contributed by atoms with Crippen LogP contribution in [0.1, 0.15) is 20.3 Å². The van der Waals surface area contributed by atoms with Gasteiger partial charge in [0.15, 0.2) is 0 Å². The summed E-state index contributed by atoms with van der Waals surface area (Å²) in [6.45, 7) is 3.80. The van der Waals surface area contributed by atoms with Crippen LogP contribution in [0.2, 0.25) is 0 Å². The van der Waals surface area contributed by atoms with Crippen LogP contribution in [0.5, 0.6) is 0 Å². The van der Waals surface area contributed by atoms with Gasteiger partial charge in [-0.05, 0) is 13.3 Å². The van der Waals surface area contributed by atoms with Gasteiger partial charge in [0.25, 0.3) is 0 Å². The van der Waals surface area contributed by atoms with E-state index >= 15 is 0 Å².